The minimum atomic E-state index is -3.93. The molecule has 0 amide bonds. The highest BCUT2D eigenvalue weighted by molar-refractivity contribution is 7.93. The van der Waals surface area contributed by atoms with E-state index < -0.39 is 10.0 Å². The van der Waals surface area contributed by atoms with E-state index in [0.29, 0.717) is 17.1 Å². The Kier molecular flexibility index (Phi) is 4.94. The van der Waals surface area contributed by atoms with Crippen molar-refractivity contribution in [1.82, 2.24) is 4.98 Å². The Morgan fingerprint density at radius 3 is 2.59 bits per heavy atom. The number of anilines is 2. The zero-order valence-electron chi connectivity index (χ0n) is 16.0. The van der Waals surface area contributed by atoms with Crippen LogP contribution in [0.3, 0.4) is 0 Å². The molecule has 2 heterocycles. The summed E-state index contributed by atoms with van der Waals surface area (Å²) in [5.41, 5.74) is 1.47. The van der Waals surface area contributed by atoms with E-state index in [1.165, 1.54) is 16.7 Å². The quantitative estimate of drug-likeness (QED) is 0.700. The number of aliphatic imine (C=N–C) groups is 1. The van der Waals surface area contributed by atoms with Gasteiger partial charge >= 0.3 is 0 Å². The smallest absolute Gasteiger partial charge is 0.274 e. The summed E-state index contributed by atoms with van der Waals surface area (Å²) < 4.78 is 33.8. The number of aromatic nitrogens is 1. The number of rotatable bonds is 4. The number of pyridine rings is 1. The molecule has 0 spiro atoms. The molecule has 2 aromatic carbocycles. The van der Waals surface area contributed by atoms with Crippen LogP contribution in [-0.2, 0) is 10.0 Å². The van der Waals surface area contributed by atoms with Crippen molar-refractivity contribution < 1.29 is 13.2 Å². The molecular formula is C21H20N4O3S. The standard InChI is InChI=1S/C21H20N4O3S/c1-15(2)28-18-10-6-9-17(13-18)25-21(23-16-7-4-3-5-8-16)24-19-11-12-22-14-20(19)29(25,26)27/h3-15H,1-2H3,(H,23,24). The lowest BCUT2D eigenvalue weighted by Crippen LogP contribution is -2.43. The van der Waals surface area contributed by atoms with Gasteiger partial charge in [0.1, 0.15) is 10.6 Å². The Hall–Kier alpha value is -3.39. The minimum Gasteiger partial charge on any atom is -0.491 e. The molecule has 8 heteroatoms. The molecule has 1 aliphatic heterocycles. The van der Waals surface area contributed by atoms with Gasteiger partial charge in [0.2, 0.25) is 5.96 Å². The average molecular weight is 408 g/mol. The van der Waals surface area contributed by atoms with Crippen molar-refractivity contribution in [2.24, 2.45) is 4.99 Å². The van der Waals surface area contributed by atoms with Gasteiger partial charge in [-0.3, -0.25) is 4.98 Å². The van der Waals surface area contributed by atoms with Crippen molar-refractivity contribution in [2.75, 3.05) is 9.62 Å². The predicted molar refractivity (Wildman–Crippen MR) is 113 cm³/mol. The first-order valence-electron chi connectivity index (χ1n) is 9.12. The van der Waals surface area contributed by atoms with Crippen molar-refractivity contribution in [3.05, 3.63) is 73.1 Å². The van der Waals surface area contributed by atoms with Crippen LogP contribution in [0.5, 0.6) is 5.75 Å². The van der Waals surface area contributed by atoms with E-state index in [9.17, 15) is 8.42 Å². The van der Waals surface area contributed by atoms with Gasteiger partial charge in [-0.25, -0.2) is 17.7 Å². The highest BCUT2D eigenvalue weighted by Gasteiger charge is 2.36. The fourth-order valence-corrected chi connectivity index (χ4v) is 4.46. The van der Waals surface area contributed by atoms with Crippen LogP contribution in [0, 0.1) is 0 Å². The topological polar surface area (TPSA) is 83.9 Å². The summed E-state index contributed by atoms with van der Waals surface area (Å²) in [5.74, 6) is 0.750. The number of guanidine groups is 1. The van der Waals surface area contributed by atoms with E-state index in [2.05, 4.69) is 15.3 Å². The number of nitrogens with zero attached hydrogens (tertiary/aromatic N) is 3. The Balaban J connectivity index is 1.85. The highest BCUT2D eigenvalue weighted by Crippen LogP contribution is 2.36. The van der Waals surface area contributed by atoms with Crippen LogP contribution in [0.25, 0.3) is 0 Å². The molecule has 0 bridgehead atoms. The molecule has 1 N–H and O–H groups in total. The van der Waals surface area contributed by atoms with Gasteiger partial charge in [-0.15, -0.1) is 0 Å². The summed E-state index contributed by atoms with van der Waals surface area (Å²) in [6.45, 7) is 3.83. The summed E-state index contributed by atoms with van der Waals surface area (Å²) in [6.07, 6.45) is 2.79. The number of hydrogen-bond acceptors (Lipinski definition) is 6. The lowest BCUT2D eigenvalue weighted by atomic mass is 10.3. The fourth-order valence-electron chi connectivity index (χ4n) is 2.98. The first-order chi connectivity index (χ1) is 13.9. The zero-order valence-corrected chi connectivity index (χ0v) is 16.8. The minimum absolute atomic E-state index is 0.0382. The Morgan fingerprint density at radius 2 is 1.83 bits per heavy atom. The third-order valence-corrected chi connectivity index (χ3v) is 5.89. The molecule has 29 heavy (non-hydrogen) atoms. The van der Waals surface area contributed by atoms with Gasteiger partial charge in [0.15, 0.2) is 0 Å². The second-order valence-electron chi connectivity index (χ2n) is 6.70. The third kappa shape index (κ3) is 3.79. The lowest BCUT2D eigenvalue weighted by Gasteiger charge is -2.30. The monoisotopic (exact) mass is 408 g/mol. The van der Waals surface area contributed by atoms with Crippen LogP contribution in [0.4, 0.5) is 17.1 Å². The number of para-hydroxylation sites is 1. The van der Waals surface area contributed by atoms with Gasteiger partial charge in [-0.2, -0.15) is 0 Å². The van der Waals surface area contributed by atoms with Crippen LogP contribution in [0.2, 0.25) is 0 Å². The van der Waals surface area contributed by atoms with Gasteiger partial charge in [-0.1, -0.05) is 24.3 Å². The maximum absolute atomic E-state index is 13.5. The second-order valence-corrected chi connectivity index (χ2v) is 8.46. The summed E-state index contributed by atoms with van der Waals surface area (Å²) in [4.78, 5) is 8.57. The lowest BCUT2D eigenvalue weighted by molar-refractivity contribution is 0.242. The van der Waals surface area contributed by atoms with E-state index in [1.54, 1.807) is 30.3 Å². The molecule has 0 atom stereocenters. The molecule has 148 valence electrons. The molecule has 0 saturated carbocycles. The maximum Gasteiger partial charge on any atom is 0.274 e. The normalized spacial score (nSPS) is 14.9. The van der Waals surface area contributed by atoms with E-state index in [0.717, 1.165) is 5.69 Å². The van der Waals surface area contributed by atoms with Crippen molar-refractivity contribution >= 4 is 33.0 Å². The Labute approximate surface area is 169 Å². The van der Waals surface area contributed by atoms with Crippen LogP contribution in [0.1, 0.15) is 13.8 Å². The van der Waals surface area contributed by atoms with Crippen LogP contribution in [0.15, 0.2) is 82.9 Å². The maximum atomic E-state index is 13.5. The number of benzene rings is 2. The number of hydrogen-bond donors (Lipinski definition) is 1. The summed E-state index contributed by atoms with van der Waals surface area (Å²) in [6, 6.07) is 17.8. The number of ether oxygens (including phenoxy) is 1. The van der Waals surface area contributed by atoms with Gasteiger partial charge < -0.3 is 10.1 Å². The number of nitrogens with one attached hydrogen (secondary N) is 1. The molecule has 0 fully saturated rings. The highest BCUT2D eigenvalue weighted by atomic mass is 32.2. The summed E-state index contributed by atoms with van der Waals surface area (Å²) in [7, 11) is -3.93. The van der Waals surface area contributed by atoms with Crippen molar-refractivity contribution in [3.63, 3.8) is 0 Å². The van der Waals surface area contributed by atoms with Crippen molar-refractivity contribution in [3.8, 4) is 5.75 Å². The predicted octanol–water partition coefficient (Wildman–Crippen LogP) is 4.18. The third-order valence-electron chi connectivity index (χ3n) is 4.15. The molecule has 0 unspecified atom stereocenters. The van der Waals surface area contributed by atoms with Crippen LogP contribution in [-0.4, -0.2) is 25.5 Å². The van der Waals surface area contributed by atoms with Crippen LogP contribution >= 0.6 is 0 Å². The average Bonchev–Trinajstić information content (AvgIpc) is 2.68. The van der Waals surface area contributed by atoms with E-state index in [1.807, 2.05) is 44.2 Å². The molecule has 7 nitrogen and oxygen atoms in total. The summed E-state index contributed by atoms with van der Waals surface area (Å²) in [5, 5.41) is 3.12. The molecular weight excluding hydrogens is 388 g/mol. The van der Waals surface area contributed by atoms with Crippen molar-refractivity contribution in [2.45, 2.75) is 24.8 Å². The molecule has 0 aliphatic carbocycles. The van der Waals surface area contributed by atoms with Gasteiger partial charge in [0.25, 0.3) is 10.0 Å². The zero-order chi connectivity index (χ0) is 20.4. The first kappa shape index (κ1) is 18.9. The molecule has 0 saturated heterocycles. The fraction of sp³-hybridized carbons (Fsp3) is 0.143. The van der Waals surface area contributed by atoms with Gasteiger partial charge in [0.05, 0.1) is 17.5 Å². The first-order valence-corrected chi connectivity index (χ1v) is 10.6. The molecule has 0 radical (unpaired) electrons. The van der Waals surface area contributed by atoms with Crippen LogP contribution < -0.4 is 14.4 Å². The van der Waals surface area contributed by atoms with Crippen molar-refractivity contribution in [1.29, 1.82) is 0 Å². The summed E-state index contributed by atoms with van der Waals surface area (Å²) >= 11 is 0. The molecule has 1 aliphatic rings. The second kappa shape index (κ2) is 7.56. The number of sulfonamides is 1. The molecule has 1 aromatic heterocycles. The Bertz CT molecular complexity index is 1160. The molecule has 3 aromatic rings. The number of fused-ring (bicyclic) bond motifs is 1. The van der Waals surface area contributed by atoms with E-state index >= 15 is 0 Å². The van der Waals surface area contributed by atoms with E-state index in [-0.39, 0.29) is 17.0 Å². The Morgan fingerprint density at radius 1 is 1.03 bits per heavy atom. The van der Waals surface area contributed by atoms with E-state index in [4.69, 9.17) is 4.74 Å². The van der Waals surface area contributed by atoms with Gasteiger partial charge in [0, 0.05) is 24.1 Å². The SMILES string of the molecule is CC(C)Oc1cccc(N2C(Nc3ccccc3)=Nc3ccncc3S2(=O)=O)c1. The van der Waals surface area contributed by atoms with Gasteiger partial charge in [-0.05, 0) is 44.2 Å². The largest absolute Gasteiger partial charge is 0.491 e. The molecule has 4 rings (SSSR count).